The number of allylic oxidation sites excluding steroid dienone is 8. The second-order valence-electron chi connectivity index (χ2n) is 3.16. The van der Waals surface area contributed by atoms with Gasteiger partial charge in [-0.05, 0) is 21.9 Å². The lowest BCUT2D eigenvalue weighted by molar-refractivity contribution is 1.76. The Balaban J connectivity index is 2.34. The van der Waals surface area contributed by atoms with Gasteiger partial charge < -0.3 is 0 Å². The Bertz CT molecular complexity index is 413. The second-order valence-corrected chi connectivity index (χ2v) is 3.90. The molecular weight excluding hydrogens is 200 g/mol. The second kappa shape index (κ2) is 5.32. The number of rotatable bonds is 0. The van der Waals surface area contributed by atoms with Crippen LogP contribution in [-0.2, 0) is 0 Å². The van der Waals surface area contributed by atoms with Crippen LogP contribution in [0.1, 0.15) is 11.1 Å². The van der Waals surface area contributed by atoms with Crippen molar-refractivity contribution in [3.8, 4) is 0 Å². The van der Waals surface area contributed by atoms with E-state index in [4.69, 9.17) is 0 Å². The molecule has 0 radical (unpaired) electrons. The van der Waals surface area contributed by atoms with E-state index in [-0.39, 0.29) is 0 Å². The fourth-order valence-electron chi connectivity index (χ4n) is 1.29. The molecule has 15 heavy (non-hydrogen) atoms. The lowest BCUT2D eigenvalue weighted by atomic mass is 10.1. The standard InChI is InChI=1S/C14H12S/c1-2-4-6-8-10-14-12-15-11-13(14)9-7-5-3-1/h1-12H/b2-1-,5-3-,6-4-,9-7-,10-8-. The first-order valence-corrected chi connectivity index (χ1v) is 5.82. The van der Waals surface area contributed by atoms with Crippen LogP contribution >= 0.6 is 11.3 Å². The van der Waals surface area contributed by atoms with E-state index in [1.165, 1.54) is 11.1 Å². The maximum Gasteiger partial charge on any atom is -0.00145 e. The molecule has 0 unspecified atom stereocenters. The molecule has 1 aliphatic carbocycles. The van der Waals surface area contributed by atoms with Crippen molar-refractivity contribution in [3.05, 3.63) is 70.5 Å². The third-order valence-corrected chi connectivity index (χ3v) is 2.83. The number of thiophene rings is 1. The Morgan fingerprint density at radius 1 is 0.533 bits per heavy atom. The highest BCUT2D eigenvalue weighted by molar-refractivity contribution is 7.08. The molecule has 0 aromatic carbocycles. The minimum Gasteiger partial charge on any atom is -0.151 e. The maximum absolute atomic E-state index is 2.16. The van der Waals surface area contributed by atoms with Crippen molar-refractivity contribution in [1.29, 1.82) is 0 Å². The van der Waals surface area contributed by atoms with Gasteiger partial charge in [0.1, 0.15) is 0 Å². The summed E-state index contributed by atoms with van der Waals surface area (Å²) in [5.41, 5.74) is 2.55. The summed E-state index contributed by atoms with van der Waals surface area (Å²) < 4.78 is 0. The summed E-state index contributed by atoms with van der Waals surface area (Å²) in [7, 11) is 0. The van der Waals surface area contributed by atoms with E-state index in [0.29, 0.717) is 0 Å². The predicted molar refractivity (Wildman–Crippen MR) is 69.8 cm³/mol. The van der Waals surface area contributed by atoms with Gasteiger partial charge in [-0.25, -0.2) is 0 Å². The van der Waals surface area contributed by atoms with Gasteiger partial charge in [-0.3, -0.25) is 0 Å². The zero-order valence-electron chi connectivity index (χ0n) is 8.34. The van der Waals surface area contributed by atoms with Crippen LogP contribution in [0.2, 0.25) is 0 Å². The third-order valence-electron chi connectivity index (χ3n) is 2.05. The van der Waals surface area contributed by atoms with Crippen molar-refractivity contribution >= 4 is 23.5 Å². The quantitative estimate of drug-likeness (QED) is 0.595. The van der Waals surface area contributed by atoms with Crippen molar-refractivity contribution in [2.45, 2.75) is 0 Å². The molecular formula is C14H12S. The van der Waals surface area contributed by atoms with E-state index in [1.54, 1.807) is 11.3 Å². The topological polar surface area (TPSA) is 0 Å². The van der Waals surface area contributed by atoms with Crippen molar-refractivity contribution in [3.63, 3.8) is 0 Å². The van der Waals surface area contributed by atoms with E-state index in [0.717, 1.165) is 0 Å². The van der Waals surface area contributed by atoms with Crippen molar-refractivity contribution in [2.75, 3.05) is 0 Å². The number of fused-ring (bicyclic) bond motifs is 1. The summed E-state index contributed by atoms with van der Waals surface area (Å²) >= 11 is 1.73. The van der Waals surface area contributed by atoms with E-state index in [9.17, 15) is 0 Å². The Hall–Kier alpha value is -1.60. The van der Waals surface area contributed by atoms with E-state index in [1.807, 2.05) is 36.5 Å². The number of hydrogen-bond donors (Lipinski definition) is 0. The molecule has 0 aliphatic heterocycles. The first-order valence-electron chi connectivity index (χ1n) is 4.88. The van der Waals surface area contributed by atoms with Gasteiger partial charge in [0.25, 0.3) is 0 Å². The van der Waals surface area contributed by atoms with Gasteiger partial charge in [-0.2, -0.15) is 11.3 Å². The first kappa shape index (κ1) is 9.94. The van der Waals surface area contributed by atoms with Crippen LogP contribution < -0.4 is 0 Å². The van der Waals surface area contributed by atoms with Crippen molar-refractivity contribution < 1.29 is 0 Å². The molecule has 0 fully saturated rings. The molecule has 0 nitrogen and oxygen atoms in total. The van der Waals surface area contributed by atoms with Gasteiger partial charge in [0.05, 0.1) is 0 Å². The Kier molecular flexibility index (Phi) is 3.53. The molecule has 0 amide bonds. The fraction of sp³-hybridized carbons (Fsp3) is 0. The smallest absolute Gasteiger partial charge is 0.00145 e. The van der Waals surface area contributed by atoms with E-state index < -0.39 is 0 Å². The molecule has 2 rings (SSSR count). The highest BCUT2D eigenvalue weighted by Gasteiger charge is 1.94. The molecule has 1 aromatic heterocycles. The van der Waals surface area contributed by atoms with Crippen molar-refractivity contribution in [1.82, 2.24) is 0 Å². The van der Waals surface area contributed by atoms with Crippen LogP contribution in [-0.4, -0.2) is 0 Å². The van der Waals surface area contributed by atoms with Crippen LogP contribution in [0.15, 0.2) is 59.4 Å². The molecule has 0 saturated carbocycles. The van der Waals surface area contributed by atoms with E-state index >= 15 is 0 Å². The minimum absolute atomic E-state index is 1.28. The van der Waals surface area contributed by atoms with Crippen LogP contribution in [0.5, 0.6) is 0 Å². The molecule has 0 atom stereocenters. The predicted octanol–water partition coefficient (Wildman–Crippen LogP) is 4.46. The lowest BCUT2D eigenvalue weighted by Gasteiger charge is -1.90. The third kappa shape index (κ3) is 2.93. The summed E-state index contributed by atoms with van der Waals surface area (Å²) in [5.74, 6) is 0. The molecule has 0 saturated heterocycles. The first-order chi connectivity index (χ1) is 7.47. The average Bonchev–Trinajstić information content (AvgIpc) is 2.65. The normalized spacial score (nSPS) is 25.3. The molecule has 0 bridgehead atoms. The van der Waals surface area contributed by atoms with Crippen LogP contribution in [0, 0.1) is 0 Å². The van der Waals surface area contributed by atoms with Gasteiger partial charge in [-0.1, -0.05) is 60.8 Å². The van der Waals surface area contributed by atoms with Crippen LogP contribution in [0.3, 0.4) is 0 Å². The monoisotopic (exact) mass is 212 g/mol. The highest BCUT2D eigenvalue weighted by atomic mass is 32.1. The average molecular weight is 212 g/mol. The SMILES string of the molecule is C1=C\C=C/C=C\c2cscc2/C=C\C=C/1. The van der Waals surface area contributed by atoms with Gasteiger partial charge in [-0.15, -0.1) is 0 Å². The summed E-state index contributed by atoms with van der Waals surface area (Å²) in [6.45, 7) is 0. The van der Waals surface area contributed by atoms with Crippen LogP contribution in [0.4, 0.5) is 0 Å². The molecule has 74 valence electrons. The Morgan fingerprint density at radius 2 is 0.933 bits per heavy atom. The lowest BCUT2D eigenvalue weighted by Crippen LogP contribution is -1.70. The molecule has 0 spiro atoms. The molecule has 1 aromatic rings. The zero-order chi connectivity index (χ0) is 10.3. The minimum atomic E-state index is 1.28. The summed E-state index contributed by atoms with van der Waals surface area (Å²) in [5, 5.41) is 4.32. The molecule has 1 heteroatoms. The van der Waals surface area contributed by atoms with Crippen molar-refractivity contribution in [2.24, 2.45) is 0 Å². The molecule has 1 aliphatic rings. The zero-order valence-corrected chi connectivity index (χ0v) is 9.15. The number of hydrogen-bond acceptors (Lipinski definition) is 1. The Labute approximate surface area is 94.3 Å². The van der Waals surface area contributed by atoms with Gasteiger partial charge in [0, 0.05) is 0 Å². The maximum atomic E-state index is 2.16. The molecule has 1 heterocycles. The van der Waals surface area contributed by atoms with Gasteiger partial charge in [0.2, 0.25) is 0 Å². The summed E-state index contributed by atoms with van der Waals surface area (Å²) in [6.07, 6.45) is 20.6. The largest absolute Gasteiger partial charge is 0.151 e. The van der Waals surface area contributed by atoms with E-state index in [2.05, 4.69) is 35.1 Å². The Morgan fingerprint density at radius 3 is 1.40 bits per heavy atom. The highest BCUT2D eigenvalue weighted by Crippen LogP contribution is 2.18. The van der Waals surface area contributed by atoms with Gasteiger partial charge >= 0.3 is 0 Å². The van der Waals surface area contributed by atoms with Gasteiger partial charge in [0.15, 0.2) is 0 Å². The summed E-state index contributed by atoms with van der Waals surface area (Å²) in [4.78, 5) is 0. The van der Waals surface area contributed by atoms with Crippen LogP contribution in [0.25, 0.3) is 12.2 Å². The summed E-state index contributed by atoms with van der Waals surface area (Å²) in [6, 6.07) is 0. The fourth-order valence-corrected chi connectivity index (χ4v) is 2.08. The molecule has 0 N–H and O–H groups in total.